The number of carbonyl (C=O) groups excluding carboxylic acids is 3. The standard InChI is InChI=1S/C33H39N3O5/c1-22-18-29(34-31(38)41-33(3,4)5)28-19-27(16-17-30(28)36(22)23(2)37)26-14-12-24(13-15-26)20-35(6)32(39)40-21-25-10-8-7-9-11-25/h7-17,19,22,29H,18,20-21H2,1-6H3,(H,34,38)/t22-,29+/m0/s1. The number of hydrogen-bond acceptors (Lipinski definition) is 5. The number of ether oxygens (including phenoxy) is 2. The van der Waals surface area contributed by atoms with Crippen molar-refractivity contribution in [1.82, 2.24) is 10.2 Å². The Morgan fingerprint density at radius 1 is 0.951 bits per heavy atom. The molecule has 0 aliphatic carbocycles. The van der Waals surface area contributed by atoms with Gasteiger partial charge in [0.15, 0.2) is 0 Å². The number of hydrogen-bond donors (Lipinski definition) is 1. The molecule has 1 heterocycles. The first-order chi connectivity index (χ1) is 19.4. The van der Waals surface area contributed by atoms with Crippen LogP contribution in [0.1, 0.15) is 63.8 Å². The van der Waals surface area contributed by atoms with Crippen LogP contribution in [0.3, 0.4) is 0 Å². The van der Waals surface area contributed by atoms with Crippen LogP contribution >= 0.6 is 0 Å². The molecule has 3 amide bonds. The van der Waals surface area contributed by atoms with Crippen LogP contribution in [0.25, 0.3) is 11.1 Å². The van der Waals surface area contributed by atoms with Crippen molar-refractivity contribution in [1.29, 1.82) is 0 Å². The minimum Gasteiger partial charge on any atom is -0.445 e. The number of nitrogens with one attached hydrogen (secondary N) is 1. The van der Waals surface area contributed by atoms with Crippen molar-refractivity contribution in [3.63, 3.8) is 0 Å². The van der Waals surface area contributed by atoms with E-state index in [4.69, 9.17) is 9.47 Å². The lowest BCUT2D eigenvalue weighted by molar-refractivity contribution is -0.117. The molecule has 1 N–H and O–H groups in total. The number of alkyl carbamates (subject to hydrolysis) is 1. The summed E-state index contributed by atoms with van der Waals surface area (Å²) < 4.78 is 10.9. The normalized spacial score (nSPS) is 16.4. The Morgan fingerprint density at radius 3 is 2.24 bits per heavy atom. The SMILES string of the molecule is CC(=O)N1c2ccc(-c3ccc(CN(C)C(=O)OCc4ccccc4)cc3)cc2[C@H](NC(=O)OC(C)(C)C)C[C@@H]1C. The lowest BCUT2D eigenvalue weighted by atomic mass is 9.89. The molecule has 0 saturated carbocycles. The Kier molecular flexibility index (Phi) is 9.01. The molecule has 0 bridgehead atoms. The van der Waals surface area contributed by atoms with Crippen molar-refractivity contribution in [2.24, 2.45) is 0 Å². The van der Waals surface area contributed by atoms with E-state index in [-0.39, 0.29) is 30.7 Å². The zero-order valence-electron chi connectivity index (χ0n) is 24.6. The highest BCUT2D eigenvalue weighted by Gasteiger charge is 2.34. The molecule has 8 nitrogen and oxygen atoms in total. The molecule has 3 aromatic carbocycles. The summed E-state index contributed by atoms with van der Waals surface area (Å²) in [4.78, 5) is 40.9. The third-order valence-electron chi connectivity index (χ3n) is 6.93. The molecule has 0 spiro atoms. The van der Waals surface area contributed by atoms with E-state index in [1.807, 2.05) is 100 Å². The van der Waals surface area contributed by atoms with Crippen molar-refractivity contribution in [2.75, 3.05) is 11.9 Å². The predicted molar refractivity (Wildman–Crippen MR) is 159 cm³/mol. The van der Waals surface area contributed by atoms with Gasteiger partial charge in [-0.2, -0.15) is 0 Å². The molecule has 8 heteroatoms. The lowest BCUT2D eigenvalue weighted by Gasteiger charge is -2.39. The van der Waals surface area contributed by atoms with Crippen LogP contribution in [0.2, 0.25) is 0 Å². The highest BCUT2D eigenvalue weighted by Crippen LogP contribution is 2.40. The van der Waals surface area contributed by atoms with Gasteiger partial charge in [-0.25, -0.2) is 9.59 Å². The number of nitrogens with zero attached hydrogens (tertiary/aromatic N) is 2. The molecular formula is C33H39N3O5. The summed E-state index contributed by atoms with van der Waals surface area (Å²) in [5, 5.41) is 3.01. The quantitative estimate of drug-likeness (QED) is 0.359. The van der Waals surface area contributed by atoms with E-state index >= 15 is 0 Å². The van der Waals surface area contributed by atoms with Gasteiger partial charge in [-0.3, -0.25) is 4.79 Å². The number of amides is 3. The van der Waals surface area contributed by atoms with Crippen LogP contribution in [0.15, 0.2) is 72.8 Å². The van der Waals surface area contributed by atoms with Gasteiger partial charge >= 0.3 is 12.2 Å². The minimum atomic E-state index is -0.616. The van der Waals surface area contributed by atoms with Crippen LogP contribution < -0.4 is 10.2 Å². The Labute approximate surface area is 242 Å². The number of rotatable bonds is 6. The summed E-state index contributed by atoms with van der Waals surface area (Å²) in [6.45, 7) is 9.66. The lowest BCUT2D eigenvalue weighted by Crippen LogP contribution is -2.46. The monoisotopic (exact) mass is 557 g/mol. The van der Waals surface area contributed by atoms with Crippen molar-refractivity contribution in [3.8, 4) is 11.1 Å². The Hall–Kier alpha value is -4.33. The molecule has 41 heavy (non-hydrogen) atoms. The van der Waals surface area contributed by atoms with Crippen LogP contribution in [-0.2, 0) is 27.4 Å². The summed E-state index contributed by atoms with van der Waals surface area (Å²) in [6.07, 6.45) is -0.306. The highest BCUT2D eigenvalue weighted by molar-refractivity contribution is 5.94. The molecule has 1 aliphatic rings. The van der Waals surface area contributed by atoms with E-state index < -0.39 is 11.7 Å². The zero-order chi connectivity index (χ0) is 29.7. The van der Waals surface area contributed by atoms with Crippen molar-refractivity contribution in [2.45, 2.75) is 71.9 Å². The van der Waals surface area contributed by atoms with Gasteiger partial charge < -0.3 is 24.6 Å². The second-order valence-electron chi connectivity index (χ2n) is 11.5. The Balaban J connectivity index is 1.49. The fraction of sp³-hybridized carbons (Fsp3) is 0.364. The molecule has 0 fully saturated rings. The molecule has 0 radical (unpaired) electrons. The molecule has 1 aliphatic heterocycles. The summed E-state index contributed by atoms with van der Waals surface area (Å²) in [7, 11) is 1.71. The van der Waals surface area contributed by atoms with Crippen LogP contribution in [-0.4, -0.2) is 41.7 Å². The van der Waals surface area contributed by atoms with Gasteiger partial charge in [-0.1, -0.05) is 60.7 Å². The number of carbonyl (C=O) groups is 3. The average molecular weight is 558 g/mol. The van der Waals surface area contributed by atoms with Crippen LogP contribution in [0, 0.1) is 0 Å². The molecule has 4 rings (SSSR count). The van der Waals surface area contributed by atoms with Gasteiger partial charge in [0.1, 0.15) is 12.2 Å². The number of fused-ring (bicyclic) bond motifs is 1. The van der Waals surface area contributed by atoms with Crippen LogP contribution in [0.5, 0.6) is 0 Å². The van der Waals surface area contributed by atoms with Gasteiger partial charge in [0.05, 0.1) is 6.04 Å². The summed E-state index contributed by atoms with van der Waals surface area (Å²) in [5.41, 5.74) is 4.88. The summed E-state index contributed by atoms with van der Waals surface area (Å²) in [5.74, 6) is -0.0435. The highest BCUT2D eigenvalue weighted by atomic mass is 16.6. The third-order valence-corrected chi connectivity index (χ3v) is 6.93. The largest absolute Gasteiger partial charge is 0.445 e. The van der Waals surface area contributed by atoms with E-state index in [0.717, 1.165) is 33.5 Å². The number of anilines is 1. The van der Waals surface area contributed by atoms with E-state index in [1.165, 1.54) is 0 Å². The van der Waals surface area contributed by atoms with E-state index in [9.17, 15) is 14.4 Å². The molecule has 0 unspecified atom stereocenters. The minimum absolute atomic E-state index is 0.0435. The van der Waals surface area contributed by atoms with Gasteiger partial charge in [0.2, 0.25) is 5.91 Å². The Morgan fingerprint density at radius 2 is 1.61 bits per heavy atom. The first kappa shape index (κ1) is 29.6. The molecule has 216 valence electrons. The first-order valence-electron chi connectivity index (χ1n) is 13.9. The van der Waals surface area contributed by atoms with Gasteiger partial charge in [-0.05, 0) is 74.1 Å². The number of benzene rings is 3. The molecule has 3 aromatic rings. The topological polar surface area (TPSA) is 88.2 Å². The molecule has 0 saturated heterocycles. The second kappa shape index (κ2) is 12.5. The summed E-state index contributed by atoms with van der Waals surface area (Å²) in [6, 6.07) is 23.1. The fourth-order valence-corrected chi connectivity index (χ4v) is 5.08. The van der Waals surface area contributed by atoms with E-state index in [0.29, 0.717) is 13.0 Å². The van der Waals surface area contributed by atoms with Crippen molar-refractivity contribution >= 4 is 23.8 Å². The smallest absolute Gasteiger partial charge is 0.410 e. The van der Waals surface area contributed by atoms with Gasteiger partial charge in [0.25, 0.3) is 0 Å². The third kappa shape index (κ3) is 7.66. The maximum absolute atomic E-state index is 12.6. The zero-order valence-corrected chi connectivity index (χ0v) is 24.6. The first-order valence-corrected chi connectivity index (χ1v) is 13.9. The maximum Gasteiger partial charge on any atom is 0.410 e. The second-order valence-corrected chi connectivity index (χ2v) is 11.5. The Bertz CT molecular complexity index is 1380. The molecule has 0 aromatic heterocycles. The average Bonchev–Trinajstić information content (AvgIpc) is 2.91. The molecule has 2 atom stereocenters. The van der Waals surface area contributed by atoms with Gasteiger partial charge in [0, 0.05) is 32.2 Å². The van der Waals surface area contributed by atoms with Crippen LogP contribution in [0.4, 0.5) is 15.3 Å². The summed E-state index contributed by atoms with van der Waals surface area (Å²) >= 11 is 0. The fourth-order valence-electron chi connectivity index (χ4n) is 5.08. The van der Waals surface area contributed by atoms with Gasteiger partial charge in [-0.15, -0.1) is 0 Å². The van der Waals surface area contributed by atoms with E-state index in [2.05, 4.69) is 5.32 Å². The molecular weight excluding hydrogens is 518 g/mol. The van der Waals surface area contributed by atoms with Crippen molar-refractivity contribution in [3.05, 3.63) is 89.5 Å². The predicted octanol–water partition coefficient (Wildman–Crippen LogP) is 6.83. The van der Waals surface area contributed by atoms with E-state index in [1.54, 1.807) is 23.8 Å². The van der Waals surface area contributed by atoms with Crippen molar-refractivity contribution < 1.29 is 23.9 Å². The maximum atomic E-state index is 12.6.